The zero-order chi connectivity index (χ0) is 24.9. The number of likely N-dealkylation sites (tertiary alicyclic amines) is 1. The first kappa shape index (κ1) is 23.2. The zero-order valence-corrected chi connectivity index (χ0v) is 19.5. The lowest BCUT2D eigenvalue weighted by Gasteiger charge is -2.34. The van der Waals surface area contributed by atoms with Gasteiger partial charge in [-0.05, 0) is 43.4 Å². The molecule has 1 amide bonds. The molecular formula is C25H25F3N4O3. The number of fused-ring (bicyclic) bond motifs is 2. The Hall–Kier alpha value is -3.56. The van der Waals surface area contributed by atoms with Crippen molar-refractivity contribution in [2.75, 3.05) is 13.7 Å². The SMILES string of the molecule is COc1cccc(-c2c(C)cnn2C)c1C(=O)N1CC2CC(Oc3ccc(C(F)(F)F)cn3)C1C2. The van der Waals surface area contributed by atoms with Crippen LogP contribution >= 0.6 is 0 Å². The van der Waals surface area contributed by atoms with Crippen molar-refractivity contribution in [3.05, 3.63) is 59.4 Å². The van der Waals surface area contributed by atoms with Crippen LogP contribution < -0.4 is 9.47 Å². The summed E-state index contributed by atoms with van der Waals surface area (Å²) >= 11 is 0. The van der Waals surface area contributed by atoms with Crippen molar-refractivity contribution in [3.63, 3.8) is 0 Å². The molecule has 2 aliphatic rings. The number of alkyl halides is 3. The minimum atomic E-state index is -4.46. The van der Waals surface area contributed by atoms with Gasteiger partial charge < -0.3 is 14.4 Å². The van der Waals surface area contributed by atoms with Crippen molar-refractivity contribution in [2.24, 2.45) is 13.0 Å². The maximum atomic E-state index is 13.9. The third kappa shape index (κ3) is 4.11. The van der Waals surface area contributed by atoms with Crippen molar-refractivity contribution >= 4 is 5.91 Å². The van der Waals surface area contributed by atoms with Crippen molar-refractivity contribution in [1.82, 2.24) is 19.7 Å². The molecule has 10 heteroatoms. The van der Waals surface area contributed by atoms with Crippen molar-refractivity contribution in [3.8, 4) is 22.9 Å². The Kier molecular flexibility index (Phi) is 5.69. The van der Waals surface area contributed by atoms with Crippen molar-refractivity contribution in [1.29, 1.82) is 0 Å². The number of halogens is 3. The van der Waals surface area contributed by atoms with E-state index in [1.54, 1.807) is 21.8 Å². The summed E-state index contributed by atoms with van der Waals surface area (Å²) in [5, 5.41) is 4.32. The molecule has 1 aliphatic carbocycles. The Balaban J connectivity index is 1.43. The summed E-state index contributed by atoms with van der Waals surface area (Å²) in [5.74, 6) is 0.670. The van der Waals surface area contributed by atoms with Gasteiger partial charge in [-0.15, -0.1) is 0 Å². The number of aromatic nitrogens is 3. The molecule has 184 valence electrons. The van der Waals surface area contributed by atoms with Gasteiger partial charge in [-0.1, -0.05) is 12.1 Å². The highest BCUT2D eigenvalue weighted by Crippen LogP contribution is 2.42. The van der Waals surface area contributed by atoms with Gasteiger partial charge in [0.1, 0.15) is 11.9 Å². The maximum Gasteiger partial charge on any atom is 0.417 e. The van der Waals surface area contributed by atoms with Gasteiger partial charge in [-0.2, -0.15) is 18.3 Å². The fraction of sp³-hybridized carbons (Fsp3) is 0.400. The average Bonchev–Trinajstić information content (AvgIpc) is 3.52. The number of carbonyl (C=O) groups is 1. The highest BCUT2D eigenvalue weighted by atomic mass is 19.4. The van der Waals surface area contributed by atoms with Crippen LogP contribution in [0.3, 0.4) is 0 Å². The minimum absolute atomic E-state index is 0.117. The van der Waals surface area contributed by atoms with Crippen LogP contribution in [0.25, 0.3) is 11.3 Å². The molecule has 1 aromatic carbocycles. The molecule has 3 unspecified atom stereocenters. The Morgan fingerprint density at radius 1 is 1.14 bits per heavy atom. The predicted octanol–water partition coefficient (Wildman–Crippen LogP) is 4.50. The molecule has 2 aromatic heterocycles. The second kappa shape index (κ2) is 8.58. The number of hydrogen-bond donors (Lipinski definition) is 0. The molecule has 2 fully saturated rings. The van der Waals surface area contributed by atoms with Crippen LogP contribution in [0, 0.1) is 12.8 Å². The lowest BCUT2D eigenvalue weighted by atomic mass is 9.98. The number of hydrogen-bond acceptors (Lipinski definition) is 5. The first-order valence-electron chi connectivity index (χ1n) is 11.3. The molecule has 1 aliphatic heterocycles. The lowest BCUT2D eigenvalue weighted by molar-refractivity contribution is -0.137. The van der Waals surface area contributed by atoms with E-state index in [4.69, 9.17) is 9.47 Å². The van der Waals surface area contributed by atoms with Gasteiger partial charge in [0.2, 0.25) is 5.88 Å². The molecule has 3 heterocycles. The van der Waals surface area contributed by atoms with Crippen LogP contribution in [-0.4, -0.2) is 51.4 Å². The summed E-state index contributed by atoms with van der Waals surface area (Å²) in [6.45, 7) is 2.53. The average molecular weight is 486 g/mol. The standard InChI is InChI=1S/C25H25F3N4O3/c1-14-11-30-31(2)23(14)17-5-4-6-19(34-3)22(17)24(33)32-13-15-9-18(32)20(10-15)35-21-8-7-16(12-29-21)25(26,27)28/h4-8,11-12,15,18,20H,9-10,13H2,1-3H3. The number of piperidine rings is 1. The molecule has 7 nitrogen and oxygen atoms in total. The van der Waals surface area contributed by atoms with Gasteiger partial charge in [0, 0.05) is 31.4 Å². The molecule has 35 heavy (non-hydrogen) atoms. The summed E-state index contributed by atoms with van der Waals surface area (Å²) in [7, 11) is 3.36. The quantitative estimate of drug-likeness (QED) is 0.531. The first-order chi connectivity index (χ1) is 16.7. The van der Waals surface area contributed by atoms with E-state index in [9.17, 15) is 18.0 Å². The smallest absolute Gasteiger partial charge is 0.417 e. The zero-order valence-electron chi connectivity index (χ0n) is 19.5. The van der Waals surface area contributed by atoms with Crippen LogP contribution in [0.2, 0.25) is 0 Å². The van der Waals surface area contributed by atoms with Crippen molar-refractivity contribution in [2.45, 2.75) is 38.1 Å². The van der Waals surface area contributed by atoms with Crippen LogP contribution in [0.1, 0.15) is 34.3 Å². The highest BCUT2D eigenvalue weighted by molar-refractivity contribution is 6.03. The van der Waals surface area contributed by atoms with E-state index in [2.05, 4.69) is 10.1 Å². The summed E-state index contributed by atoms with van der Waals surface area (Å²) < 4.78 is 51.8. The topological polar surface area (TPSA) is 69.5 Å². The first-order valence-corrected chi connectivity index (χ1v) is 11.3. The van der Waals surface area contributed by atoms with Crippen LogP contribution in [-0.2, 0) is 13.2 Å². The number of carbonyl (C=O) groups excluding carboxylic acids is 1. The van der Waals surface area contributed by atoms with E-state index in [0.29, 0.717) is 17.9 Å². The number of aryl methyl sites for hydroxylation is 2. The molecule has 2 bridgehead atoms. The molecule has 0 N–H and O–H groups in total. The monoisotopic (exact) mass is 486 g/mol. The molecule has 1 saturated heterocycles. The number of benzene rings is 1. The van der Waals surface area contributed by atoms with Gasteiger partial charge in [0.05, 0.1) is 36.2 Å². The Labute approximate surface area is 200 Å². The fourth-order valence-electron chi connectivity index (χ4n) is 5.30. The van der Waals surface area contributed by atoms with E-state index in [0.717, 1.165) is 41.9 Å². The van der Waals surface area contributed by atoms with Gasteiger partial charge in [0.25, 0.3) is 5.91 Å². The van der Waals surface area contributed by atoms with E-state index in [-0.39, 0.29) is 29.9 Å². The Bertz CT molecular complexity index is 1240. The Morgan fingerprint density at radius 2 is 1.94 bits per heavy atom. The van der Waals surface area contributed by atoms with Crippen LogP contribution in [0.4, 0.5) is 13.2 Å². The molecule has 1 saturated carbocycles. The van der Waals surface area contributed by atoms with Gasteiger partial charge >= 0.3 is 6.18 Å². The van der Waals surface area contributed by atoms with Crippen LogP contribution in [0.15, 0.2) is 42.7 Å². The van der Waals surface area contributed by atoms with Gasteiger partial charge in [-0.25, -0.2) is 4.98 Å². The number of ether oxygens (including phenoxy) is 2. The fourth-order valence-corrected chi connectivity index (χ4v) is 5.30. The Morgan fingerprint density at radius 3 is 2.54 bits per heavy atom. The van der Waals surface area contributed by atoms with Crippen molar-refractivity contribution < 1.29 is 27.4 Å². The second-order valence-electron chi connectivity index (χ2n) is 9.08. The molecule has 0 spiro atoms. The molecule has 5 rings (SSSR count). The lowest BCUT2D eigenvalue weighted by Crippen LogP contribution is -2.47. The normalized spacial score (nSPS) is 21.4. The minimum Gasteiger partial charge on any atom is -0.496 e. The summed E-state index contributed by atoms with van der Waals surface area (Å²) in [6, 6.07) is 7.46. The number of amides is 1. The van der Waals surface area contributed by atoms with E-state index in [1.165, 1.54) is 13.2 Å². The molecular weight excluding hydrogens is 461 g/mol. The van der Waals surface area contributed by atoms with E-state index in [1.807, 2.05) is 26.1 Å². The third-order valence-corrected chi connectivity index (χ3v) is 6.86. The second-order valence-corrected chi connectivity index (χ2v) is 9.08. The predicted molar refractivity (Wildman–Crippen MR) is 121 cm³/mol. The largest absolute Gasteiger partial charge is 0.496 e. The summed E-state index contributed by atoms with van der Waals surface area (Å²) in [5.41, 5.74) is 2.13. The summed E-state index contributed by atoms with van der Waals surface area (Å²) in [4.78, 5) is 19.6. The third-order valence-electron chi connectivity index (χ3n) is 6.86. The number of rotatable bonds is 5. The molecule has 3 aromatic rings. The maximum absolute atomic E-state index is 13.9. The van der Waals surface area contributed by atoms with Gasteiger partial charge in [0.15, 0.2) is 0 Å². The van der Waals surface area contributed by atoms with E-state index < -0.39 is 11.7 Å². The van der Waals surface area contributed by atoms with Gasteiger partial charge in [-0.3, -0.25) is 9.48 Å². The molecule has 3 atom stereocenters. The number of methoxy groups -OCH3 is 1. The number of nitrogens with zero attached hydrogens (tertiary/aromatic N) is 4. The molecule has 0 radical (unpaired) electrons. The van der Waals surface area contributed by atoms with E-state index >= 15 is 0 Å². The highest BCUT2D eigenvalue weighted by Gasteiger charge is 2.49. The summed E-state index contributed by atoms with van der Waals surface area (Å²) in [6.07, 6.45) is -0.799. The van der Waals surface area contributed by atoms with Crippen LogP contribution in [0.5, 0.6) is 11.6 Å². The number of pyridine rings is 1.